The Morgan fingerprint density at radius 3 is 2.33 bits per heavy atom. The Morgan fingerprint density at radius 2 is 1.65 bits per heavy atom. The van der Waals surface area contributed by atoms with Crippen LogP contribution in [-0.2, 0) is 11.3 Å². The number of ether oxygens (including phenoxy) is 4. The van der Waals surface area contributed by atoms with Crippen LogP contribution in [0.4, 0.5) is 10.5 Å². The molecular formula is C31H32N4O5. The SMILES string of the molecule is COc1ccc(COc2ncc(-c3nc(C4CCOCC4)c(NC(=O)Oc4ccc(C)cc4)cc3C)cn2)cc1. The molecule has 1 amide bonds. The molecule has 9 heteroatoms. The molecule has 2 aromatic carbocycles. The van der Waals surface area contributed by atoms with Crippen LogP contribution < -0.4 is 19.5 Å². The number of benzene rings is 2. The standard InChI is InChI=1S/C31H32N4O5/c1-20-4-8-26(9-5-20)40-31(36)34-27-16-21(2)28(35-29(27)23-12-14-38-15-13-23)24-17-32-30(33-18-24)39-19-22-6-10-25(37-3)11-7-22/h4-11,16-18,23H,12-15,19H2,1-3H3,(H,34,36). The number of anilines is 1. The minimum Gasteiger partial charge on any atom is -0.497 e. The number of amides is 1. The van der Waals surface area contributed by atoms with Gasteiger partial charge in [-0.05, 0) is 68.1 Å². The number of pyridine rings is 1. The van der Waals surface area contributed by atoms with Crippen molar-refractivity contribution in [3.8, 4) is 28.8 Å². The van der Waals surface area contributed by atoms with Crippen molar-refractivity contribution in [2.45, 2.75) is 39.2 Å². The van der Waals surface area contributed by atoms with Gasteiger partial charge in [0.25, 0.3) is 0 Å². The van der Waals surface area contributed by atoms with E-state index in [0.29, 0.717) is 31.3 Å². The minimum absolute atomic E-state index is 0.135. The average Bonchev–Trinajstić information content (AvgIpc) is 2.98. The first-order chi connectivity index (χ1) is 19.5. The van der Waals surface area contributed by atoms with Gasteiger partial charge >= 0.3 is 12.1 Å². The van der Waals surface area contributed by atoms with Crippen molar-refractivity contribution in [2.75, 3.05) is 25.6 Å². The lowest BCUT2D eigenvalue weighted by Crippen LogP contribution is -2.22. The van der Waals surface area contributed by atoms with E-state index in [1.165, 1.54) is 0 Å². The molecule has 0 spiro atoms. The molecule has 1 saturated heterocycles. The molecule has 206 valence electrons. The summed E-state index contributed by atoms with van der Waals surface area (Å²) in [7, 11) is 1.63. The van der Waals surface area contributed by atoms with Crippen LogP contribution in [0, 0.1) is 13.8 Å². The lowest BCUT2D eigenvalue weighted by atomic mass is 9.93. The van der Waals surface area contributed by atoms with Crippen LogP contribution >= 0.6 is 0 Å². The van der Waals surface area contributed by atoms with E-state index in [1.807, 2.05) is 56.3 Å². The van der Waals surface area contributed by atoms with E-state index in [4.69, 9.17) is 23.9 Å². The molecular weight excluding hydrogens is 508 g/mol. The van der Waals surface area contributed by atoms with Crippen LogP contribution in [0.3, 0.4) is 0 Å². The van der Waals surface area contributed by atoms with Crippen molar-refractivity contribution >= 4 is 11.8 Å². The van der Waals surface area contributed by atoms with Gasteiger partial charge in [0.1, 0.15) is 18.1 Å². The molecule has 4 aromatic rings. The number of carbonyl (C=O) groups excluding carboxylic acids is 1. The number of rotatable bonds is 8. The molecule has 40 heavy (non-hydrogen) atoms. The van der Waals surface area contributed by atoms with Gasteiger partial charge in [-0.3, -0.25) is 5.32 Å². The number of hydrogen-bond acceptors (Lipinski definition) is 8. The molecule has 0 radical (unpaired) electrons. The predicted octanol–water partition coefficient (Wildman–Crippen LogP) is 6.25. The third-order valence-electron chi connectivity index (χ3n) is 6.75. The molecule has 2 aromatic heterocycles. The summed E-state index contributed by atoms with van der Waals surface area (Å²) in [5.41, 5.74) is 5.88. The van der Waals surface area contributed by atoms with Crippen molar-refractivity contribution in [2.24, 2.45) is 0 Å². The lowest BCUT2D eigenvalue weighted by molar-refractivity contribution is 0.0846. The van der Waals surface area contributed by atoms with Crippen molar-refractivity contribution in [1.29, 1.82) is 0 Å². The Labute approximate surface area is 233 Å². The number of nitrogens with zero attached hydrogens (tertiary/aromatic N) is 3. The zero-order valence-corrected chi connectivity index (χ0v) is 22.8. The zero-order valence-electron chi connectivity index (χ0n) is 22.8. The van der Waals surface area contributed by atoms with Gasteiger partial charge in [-0.15, -0.1) is 0 Å². The highest BCUT2D eigenvalue weighted by atomic mass is 16.6. The molecule has 0 atom stereocenters. The van der Waals surface area contributed by atoms with Crippen LogP contribution in [-0.4, -0.2) is 41.4 Å². The summed E-state index contributed by atoms with van der Waals surface area (Å²) in [4.78, 5) is 26.6. The highest BCUT2D eigenvalue weighted by Crippen LogP contribution is 2.35. The Hall–Kier alpha value is -4.50. The number of hydrogen-bond donors (Lipinski definition) is 1. The quantitative estimate of drug-likeness (QED) is 0.280. The topological polar surface area (TPSA) is 105 Å². The van der Waals surface area contributed by atoms with E-state index in [1.54, 1.807) is 31.6 Å². The predicted molar refractivity (Wildman–Crippen MR) is 151 cm³/mol. The van der Waals surface area contributed by atoms with E-state index >= 15 is 0 Å². The summed E-state index contributed by atoms with van der Waals surface area (Å²) in [6.07, 6.45) is 4.47. The van der Waals surface area contributed by atoms with Gasteiger partial charge in [0.15, 0.2) is 0 Å². The van der Waals surface area contributed by atoms with Gasteiger partial charge in [0.05, 0.1) is 24.2 Å². The molecule has 1 fully saturated rings. The fourth-order valence-corrected chi connectivity index (χ4v) is 4.53. The molecule has 0 bridgehead atoms. The number of aromatic nitrogens is 3. The molecule has 5 rings (SSSR count). The summed E-state index contributed by atoms with van der Waals surface area (Å²) in [6, 6.07) is 17.2. The second-order valence-corrected chi connectivity index (χ2v) is 9.69. The van der Waals surface area contributed by atoms with Gasteiger partial charge in [0.2, 0.25) is 0 Å². The number of methoxy groups -OCH3 is 1. The fourth-order valence-electron chi connectivity index (χ4n) is 4.53. The molecule has 9 nitrogen and oxygen atoms in total. The summed E-state index contributed by atoms with van der Waals surface area (Å²) in [5, 5.41) is 2.92. The van der Waals surface area contributed by atoms with Crippen molar-refractivity contribution in [1.82, 2.24) is 15.0 Å². The normalized spacial score (nSPS) is 13.5. The first kappa shape index (κ1) is 27.1. The average molecular weight is 541 g/mol. The van der Waals surface area contributed by atoms with Crippen LogP contribution in [0.5, 0.6) is 17.5 Å². The Morgan fingerprint density at radius 1 is 0.975 bits per heavy atom. The molecule has 1 N–H and O–H groups in total. The van der Waals surface area contributed by atoms with Gasteiger partial charge in [0, 0.05) is 37.1 Å². The highest BCUT2D eigenvalue weighted by molar-refractivity contribution is 5.88. The van der Waals surface area contributed by atoms with Crippen molar-refractivity contribution in [3.05, 3.63) is 89.4 Å². The van der Waals surface area contributed by atoms with E-state index in [-0.39, 0.29) is 11.9 Å². The first-order valence-electron chi connectivity index (χ1n) is 13.2. The molecule has 1 aliphatic rings. The summed E-state index contributed by atoms with van der Waals surface area (Å²) in [6.45, 7) is 5.56. The molecule has 3 heterocycles. The van der Waals surface area contributed by atoms with Crippen LogP contribution in [0.1, 0.15) is 41.1 Å². The third-order valence-corrected chi connectivity index (χ3v) is 6.75. The maximum atomic E-state index is 12.8. The molecule has 0 unspecified atom stereocenters. The van der Waals surface area contributed by atoms with E-state index in [0.717, 1.165) is 52.2 Å². The second kappa shape index (κ2) is 12.6. The highest BCUT2D eigenvalue weighted by Gasteiger charge is 2.24. The van der Waals surface area contributed by atoms with E-state index in [2.05, 4.69) is 15.3 Å². The van der Waals surface area contributed by atoms with E-state index < -0.39 is 6.09 Å². The second-order valence-electron chi connectivity index (χ2n) is 9.69. The molecule has 0 saturated carbocycles. The molecule has 1 aliphatic heterocycles. The Bertz CT molecular complexity index is 1430. The maximum Gasteiger partial charge on any atom is 0.417 e. The minimum atomic E-state index is -0.562. The third kappa shape index (κ3) is 6.73. The summed E-state index contributed by atoms with van der Waals surface area (Å²) >= 11 is 0. The Kier molecular flexibility index (Phi) is 8.51. The van der Waals surface area contributed by atoms with Gasteiger partial charge in [-0.2, -0.15) is 0 Å². The van der Waals surface area contributed by atoms with Crippen LogP contribution in [0.25, 0.3) is 11.3 Å². The molecule has 0 aliphatic carbocycles. The maximum absolute atomic E-state index is 12.8. The zero-order chi connectivity index (χ0) is 27.9. The monoisotopic (exact) mass is 540 g/mol. The number of aryl methyl sites for hydroxylation is 2. The van der Waals surface area contributed by atoms with Gasteiger partial charge < -0.3 is 18.9 Å². The fraction of sp³-hybridized carbons (Fsp3) is 0.290. The van der Waals surface area contributed by atoms with Crippen LogP contribution in [0.15, 0.2) is 67.0 Å². The van der Waals surface area contributed by atoms with Crippen molar-refractivity contribution in [3.63, 3.8) is 0 Å². The van der Waals surface area contributed by atoms with E-state index in [9.17, 15) is 4.79 Å². The van der Waals surface area contributed by atoms with Gasteiger partial charge in [-0.25, -0.2) is 19.7 Å². The largest absolute Gasteiger partial charge is 0.497 e. The van der Waals surface area contributed by atoms with Gasteiger partial charge in [-0.1, -0.05) is 29.8 Å². The number of carbonyl (C=O) groups is 1. The summed E-state index contributed by atoms with van der Waals surface area (Å²) in [5.74, 6) is 1.40. The van der Waals surface area contributed by atoms with Crippen molar-refractivity contribution < 1.29 is 23.7 Å². The first-order valence-corrected chi connectivity index (χ1v) is 13.2. The lowest BCUT2D eigenvalue weighted by Gasteiger charge is -2.25. The summed E-state index contributed by atoms with van der Waals surface area (Å²) < 4.78 is 22.0. The van der Waals surface area contributed by atoms with Crippen LogP contribution in [0.2, 0.25) is 0 Å². The number of nitrogens with one attached hydrogen (secondary N) is 1. The smallest absolute Gasteiger partial charge is 0.417 e. The Balaban J connectivity index is 1.34.